The first-order valence-corrected chi connectivity index (χ1v) is 6.96. The minimum absolute atomic E-state index is 0.724. The molecule has 1 N–H and O–H groups in total. The summed E-state index contributed by atoms with van der Waals surface area (Å²) in [6, 6.07) is 2.00. The molecule has 1 aromatic rings. The molecule has 0 saturated carbocycles. The van der Waals surface area contributed by atoms with Crippen LogP contribution in [0, 0.1) is 0 Å². The van der Waals surface area contributed by atoms with Crippen molar-refractivity contribution in [3.63, 3.8) is 0 Å². The van der Waals surface area contributed by atoms with Crippen LogP contribution in [-0.4, -0.2) is 53.8 Å². The van der Waals surface area contributed by atoms with E-state index in [4.69, 9.17) is 0 Å². The molecule has 3 heterocycles. The van der Waals surface area contributed by atoms with Crippen LogP contribution < -0.4 is 0 Å². The van der Waals surface area contributed by atoms with Gasteiger partial charge in [0.25, 0.3) is 0 Å². The van der Waals surface area contributed by atoms with E-state index in [1.165, 1.54) is 43.7 Å². The van der Waals surface area contributed by atoms with Crippen LogP contribution in [0.1, 0.15) is 34.6 Å². The topological polar surface area (TPSA) is 39.3 Å². The highest BCUT2D eigenvalue weighted by atomic mass is 16.1. The predicted octanol–water partition coefficient (Wildman–Crippen LogP) is 1.28. The van der Waals surface area contributed by atoms with Gasteiger partial charge >= 0.3 is 0 Å². The second-order valence-electron chi connectivity index (χ2n) is 5.42. The van der Waals surface area contributed by atoms with Crippen molar-refractivity contribution in [3.8, 4) is 0 Å². The fourth-order valence-corrected chi connectivity index (χ4v) is 3.06. The van der Waals surface area contributed by atoms with Gasteiger partial charge in [-0.05, 0) is 37.6 Å². The van der Waals surface area contributed by atoms with Crippen molar-refractivity contribution in [1.29, 1.82) is 0 Å². The van der Waals surface area contributed by atoms with E-state index in [2.05, 4.69) is 14.8 Å². The summed E-state index contributed by atoms with van der Waals surface area (Å²) in [4.78, 5) is 19.0. The first-order valence-electron chi connectivity index (χ1n) is 6.96. The second-order valence-corrected chi connectivity index (χ2v) is 5.42. The van der Waals surface area contributed by atoms with E-state index in [0.717, 1.165) is 38.0 Å². The monoisotopic (exact) mass is 247 g/mol. The van der Waals surface area contributed by atoms with Crippen LogP contribution in [-0.2, 0) is 13.0 Å². The van der Waals surface area contributed by atoms with Crippen molar-refractivity contribution in [3.05, 3.63) is 23.0 Å². The Labute approximate surface area is 108 Å². The molecule has 4 nitrogen and oxygen atoms in total. The third-order valence-corrected chi connectivity index (χ3v) is 4.14. The molecular formula is C14H21N3O. The summed E-state index contributed by atoms with van der Waals surface area (Å²) in [6.45, 7) is 7.01. The Balaban J connectivity index is 1.55. The molecular weight excluding hydrogens is 226 g/mol. The number of hydrogen-bond donors (Lipinski definition) is 1. The van der Waals surface area contributed by atoms with E-state index in [9.17, 15) is 4.79 Å². The maximum atomic E-state index is 10.8. The molecule has 0 unspecified atom stereocenters. The second kappa shape index (κ2) is 5.24. The van der Waals surface area contributed by atoms with Crippen molar-refractivity contribution < 1.29 is 4.79 Å². The Morgan fingerprint density at radius 1 is 1.17 bits per heavy atom. The molecule has 3 rings (SSSR count). The standard InChI is InChI=1S/C14H21N3O/c18-11-13-9-12-10-17(6-3-14(12)15-13)8-7-16-4-1-2-5-16/h9,11,15H,1-8,10H2. The molecule has 98 valence electrons. The molecule has 2 aliphatic heterocycles. The quantitative estimate of drug-likeness (QED) is 0.815. The van der Waals surface area contributed by atoms with E-state index in [0.29, 0.717) is 0 Å². The lowest BCUT2D eigenvalue weighted by Crippen LogP contribution is -2.36. The zero-order valence-corrected chi connectivity index (χ0v) is 10.8. The Morgan fingerprint density at radius 2 is 1.94 bits per heavy atom. The van der Waals surface area contributed by atoms with Gasteiger partial charge in [-0.25, -0.2) is 0 Å². The Bertz CT molecular complexity index is 421. The van der Waals surface area contributed by atoms with Crippen LogP contribution in [0.2, 0.25) is 0 Å². The molecule has 0 aromatic carbocycles. The number of rotatable bonds is 4. The number of carbonyl (C=O) groups is 1. The van der Waals surface area contributed by atoms with Gasteiger partial charge in [0.15, 0.2) is 6.29 Å². The number of aromatic nitrogens is 1. The van der Waals surface area contributed by atoms with Crippen LogP contribution in [0.5, 0.6) is 0 Å². The summed E-state index contributed by atoms with van der Waals surface area (Å²) in [5.74, 6) is 0. The number of nitrogens with zero attached hydrogens (tertiary/aromatic N) is 2. The van der Waals surface area contributed by atoms with E-state index >= 15 is 0 Å². The molecule has 0 bridgehead atoms. The number of fused-ring (bicyclic) bond motifs is 1. The number of carbonyl (C=O) groups excluding carboxylic acids is 1. The van der Waals surface area contributed by atoms with Gasteiger partial charge in [0.2, 0.25) is 0 Å². The highest BCUT2D eigenvalue weighted by molar-refractivity contribution is 5.72. The van der Waals surface area contributed by atoms with Crippen LogP contribution in [0.25, 0.3) is 0 Å². The zero-order valence-electron chi connectivity index (χ0n) is 10.8. The normalized spacial score (nSPS) is 21.1. The van der Waals surface area contributed by atoms with Crippen molar-refractivity contribution in [2.24, 2.45) is 0 Å². The molecule has 2 aliphatic rings. The summed E-state index contributed by atoms with van der Waals surface area (Å²) in [7, 11) is 0. The van der Waals surface area contributed by atoms with Crippen LogP contribution in [0.15, 0.2) is 6.07 Å². The Kier molecular flexibility index (Phi) is 3.48. The molecule has 0 amide bonds. The van der Waals surface area contributed by atoms with Gasteiger partial charge in [-0.2, -0.15) is 0 Å². The van der Waals surface area contributed by atoms with Crippen molar-refractivity contribution in [2.45, 2.75) is 25.8 Å². The number of aromatic amines is 1. The highest BCUT2D eigenvalue weighted by Crippen LogP contribution is 2.19. The van der Waals surface area contributed by atoms with Gasteiger partial charge in [0.05, 0.1) is 5.69 Å². The summed E-state index contributed by atoms with van der Waals surface area (Å²) < 4.78 is 0. The first kappa shape index (κ1) is 11.9. The lowest BCUT2D eigenvalue weighted by molar-refractivity contribution is 0.111. The lowest BCUT2D eigenvalue weighted by Gasteiger charge is -2.28. The third kappa shape index (κ3) is 2.49. The summed E-state index contributed by atoms with van der Waals surface area (Å²) in [5, 5.41) is 0. The van der Waals surface area contributed by atoms with Gasteiger partial charge in [-0.3, -0.25) is 9.69 Å². The lowest BCUT2D eigenvalue weighted by atomic mass is 10.1. The van der Waals surface area contributed by atoms with Gasteiger partial charge in [-0.15, -0.1) is 0 Å². The highest BCUT2D eigenvalue weighted by Gasteiger charge is 2.19. The number of nitrogens with one attached hydrogen (secondary N) is 1. The summed E-state index contributed by atoms with van der Waals surface area (Å²) in [5.41, 5.74) is 3.29. The van der Waals surface area contributed by atoms with E-state index < -0.39 is 0 Å². The molecule has 1 aromatic heterocycles. The van der Waals surface area contributed by atoms with Crippen LogP contribution in [0.4, 0.5) is 0 Å². The van der Waals surface area contributed by atoms with Crippen molar-refractivity contribution in [2.75, 3.05) is 32.7 Å². The number of likely N-dealkylation sites (tertiary alicyclic amines) is 1. The van der Waals surface area contributed by atoms with E-state index in [1.807, 2.05) is 6.07 Å². The summed E-state index contributed by atoms with van der Waals surface area (Å²) >= 11 is 0. The largest absolute Gasteiger partial charge is 0.356 e. The van der Waals surface area contributed by atoms with Crippen LogP contribution in [0.3, 0.4) is 0 Å². The Hall–Kier alpha value is -1.13. The van der Waals surface area contributed by atoms with E-state index in [-0.39, 0.29) is 0 Å². The number of hydrogen-bond acceptors (Lipinski definition) is 3. The van der Waals surface area contributed by atoms with Crippen LogP contribution >= 0.6 is 0 Å². The maximum absolute atomic E-state index is 10.8. The molecule has 1 fully saturated rings. The van der Waals surface area contributed by atoms with E-state index in [1.54, 1.807) is 0 Å². The molecule has 0 atom stereocenters. The first-order chi connectivity index (χ1) is 8.85. The molecule has 0 aliphatic carbocycles. The fourth-order valence-electron chi connectivity index (χ4n) is 3.06. The summed E-state index contributed by atoms with van der Waals surface area (Å²) in [6.07, 6.45) is 4.69. The Morgan fingerprint density at radius 3 is 2.72 bits per heavy atom. The number of aldehydes is 1. The molecule has 18 heavy (non-hydrogen) atoms. The average molecular weight is 247 g/mol. The predicted molar refractivity (Wildman–Crippen MR) is 70.8 cm³/mol. The molecule has 1 saturated heterocycles. The van der Waals surface area contributed by atoms with Crippen molar-refractivity contribution >= 4 is 6.29 Å². The molecule has 0 radical (unpaired) electrons. The average Bonchev–Trinajstić information content (AvgIpc) is 3.04. The van der Waals surface area contributed by atoms with Crippen molar-refractivity contribution in [1.82, 2.24) is 14.8 Å². The third-order valence-electron chi connectivity index (χ3n) is 4.14. The minimum Gasteiger partial charge on any atom is -0.356 e. The molecule has 4 heteroatoms. The zero-order chi connectivity index (χ0) is 12.4. The van der Waals surface area contributed by atoms with Gasteiger partial charge in [0, 0.05) is 38.3 Å². The maximum Gasteiger partial charge on any atom is 0.166 e. The molecule has 0 spiro atoms. The number of H-pyrrole nitrogens is 1. The van der Waals surface area contributed by atoms with Gasteiger partial charge in [0.1, 0.15) is 0 Å². The fraction of sp³-hybridized carbons (Fsp3) is 0.643. The minimum atomic E-state index is 0.724. The smallest absolute Gasteiger partial charge is 0.166 e. The van der Waals surface area contributed by atoms with Gasteiger partial charge < -0.3 is 9.88 Å². The SMILES string of the molecule is O=Cc1cc2c([nH]1)CCN(CCN1CCCC1)C2. The van der Waals surface area contributed by atoms with Gasteiger partial charge in [-0.1, -0.05) is 0 Å².